The van der Waals surface area contributed by atoms with Crippen LogP contribution in [0.15, 0.2) is 54.6 Å². The van der Waals surface area contributed by atoms with Crippen molar-refractivity contribution in [2.24, 2.45) is 0 Å². The van der Waals surface area contributed by atoms with Gasteiger partial charge in [-0.05, 0) is 35.0 Å². The SMILES string of the molecule is COc1ccc(NC(=O)Nc2cc3ccccc3cc2O)c(OC)c1. The van der Waals surface area contributed by atoms with E-state index in [0.717, 1.165) is 10.8 Å². The van der Waals surface area contributed by atoms with Gasteiger partial charge in [-0.3, -0.25) is 0 Å². The summed E-state index contributed by atoms with van der Waals surface area (Å²) < 4.78 is 10.4. The fraction of sp³-hybridized carbons (Fsp3) is 0.105. The molecule has 0 unspecified atom stereocenters. The second-order valence-corrected chi connectivity index (χ2v) is 5.36. The molecule has 0 fully saturated rings. The van der Waals surface area contributed by atoms with Gasteiger partial charge in [0.05, 0.1) is 25.6 Å². The summed E-state index contributed by atoms with van der Waals surface area (Å²) in [4.78, 5) is 12.3. The highest BCUT2D eigenvalue weighted by molar-refractivity contribution is 6.03. The Hall–Kier alpha value is -3.41. The minimum atomic E-state index is -0.492. The first-order valence-electron chi connectivity index (χ1n) is 7.62. The van der Waals surface area contributed by atoms with Gasteiger partial charge in [-0.25, -0.2) is 4.79 Å². The van der Waals surface area contributed by atoms with E-state index in [4.69, 9.17) is 9.47 Å². The Labute approximate surface area is 145 Å². The van der Waals surface area contributed by atoms with Crippen LogP contribution in [0.1, 0.15) is 0 Å². The number of fused-ring (bicyclic) bond motifs is 1. The molecule has 0 heterocycles. The number of hydrogen-bond donors (Lipinski definition) is 3. The van der Waals surface area contributed by atoms with Crippen LogP contribution in [0.2, 0.25) is 0 Å². The van der Waals surface area contributed by atoms with Crippen molar-refractivity contribution in [3.05, 3.63) is 54.6 Å². The van der Waals surface area contributed by atoms with Crippen molar-refractivity contribution in [2.75, 3.05) is 24.9 Å². The van der Waals surface area contributed by atoms with E-state index in [1.165, 1.54) is 7.11 Å². The van der Waals surface area contributed by atoms with E-state index in [1.54, 1.807) is 37.4 Å². The fourth-order valence-corrected chi connectivity index (χ4v) is 2.51. The average Bonchev–Trinajstić information content (AvgIpc) is 2.62. The van der Waals surface area contributed by atoms with Gasteiger partial charge in [0.25, 0.3) is 0 Å². The lowest BCUT2D eigenvalue weighted by Gasteiger charge is -2.13. The summed E-state index contributed by atoms with van der Waals surface area (Å²) in [6, 6.07) is 15.5. The summed E-state index contributed by atoms with van der Waals surface area (Å²) in [5, 5.41) is 17.3. The van der Waals surface area contributed by atoms with E-state index >= 15 is 0 Å². The van der Waals surface area contributed by atoms with Crippen LogP contribution < -0.4 is 20.1 Å². The van der Waals surface area contributed by atoms with E-state index in [1.807, 2.05) is 24.3 Å². The van der Waals surface area contributed by atoms with E-state index in [9.17, 15) is 9.90 Å². The Morgan fingerprint density at radius 3 is 2.24 bits per heavy atom. The molecule has 0 aliphatic rings. The minimum Gasteiger partial charge on any atom is -0.506 e. The number of benzene rings is 3. The second-order valence-electron chi connectivity index (χ2n) is 5.36. The number of urea groups is 1. The largest absolute Gasteiger partial charge is 0.506 e. The molecule has 6 heteroatoms. The smallest absolute Gasteiger partial charge is 0.323 e. The third-order valence-electron chi connectivity index (χ3n) is 3.77. The Balaban J connectivity index is 1.80. The molecule has 128 valence electrons. The van der Waals surface area contributed by atoms with Gasteiger partial charge in [0.1, 0.15) is 17.2 Å². The first-order chi connectivity index (χ1) is 12.1. The van der Waals surface area contributed by atoms with E-state index in [0.29, 0.717) is 22.9 Å². The van der Waals surface area contributed by atoms with Crippen molar-refractivity contribution in [1.29, 1.82) is 0 Å². The molecule has 0 aliphatic heterocycles. The number of anilines is 2. The molecule has 0 aromatic heterocycles. The molecule has 3 aromatic rings. The lowest BCUT2D eigenvalue weighted by molar-refractivity contribution is 0.262. The molecule has 0 spiro atoms. The standard InChI is InChI=1S/C19H18N2O4/c1-24-14-7-8-15(18(11-14)25-2)20-19(23)21-16-9-12-5-3-4-6-13(12)10-17(16)22/h3-11,22H,1-2H3,(H2,20,21,23). The number of carbonyl (C=O) groups is 1. The monoisotopic (exact) mass is 338 g/mol. The Morgan fingerprint density at radius 1 is 0.880 bits per heavy atom. The second kappa shape index (κ2) is 7.00. The van der Waals surface area contributed by atoms with Crippen molar-refractivity contribution >= 4 is 28.2 Å². The maximum Gasteiger partial charge on any atom is 0.323 e. The van der Waals surface area contributed by atoms with Gasteiger partial charge in [0.2, 0.25) is 0 Å². The van der Waals surface area contributed by atoms with Crippen molar-refractivity contribution in [1.82, 2.24) is 0 Å². The summed E-state index contributed by atoms with van der Waals surface area (Å²) in [5.41, 5.74) is 0.810. The summed E-state index contributed by atoms with van der Waals surface area (Å²) in [6.45, 7) is 0. The van der Waals surface area contributed by atoms with Crippen LogP contribution in [0, 0.1) is 0 Å². The minimum absolute atomic E-state index is 0.00412. The van der Waals surface area contributed by atoms with Crippen LogP contribution in [0.25, 0.3) is 10.8 Å². The van der Waals surface area contributed by atoms with Crippen LogP contribution in [-0.2, 0) is 0 Å². The molecule has 0 aliphatic carbocycles. The molecule has 3 N–H and O–H groups in total. The van der Waals surface area contributed by atoms with Gasteiger partial charge >= 0.3 is 6.03 Å². The zero-order valence-corrected chi connectivity index (χ0v) is 13.9. The number of carbonyl (C=O) groups excluding carboxylic acids is 1. The van der Waals surface area contributed by atoms with Gasteiger partial charge in [0.15, 0.2) is 0 Å². The number of nitrogens with one attached hydrogen (secondary N) is 2. The van der Waals surface area contributed by atoms with Crippen molar-refractivity contribution in [2.45, 2.75) is 0 Å². The lowest BCUT2D eigenvalue weighted by Crippen LogP contribution is -2.19. The average molecular weight is 338 g/mol. The van der Waals surface area contributed by atoms with E-state index < -0.39 is 6.03 Å². The molecular weight excluding hydrogens is 320 g/mol. The topological polar surface area (TPSA) is 79.8 Å². The number of hydrogen-bond acceptors (Lipinski definition) is 4. The number of phenolic OH excluding ortho intramolecular Hbond substituents is 1. The summed E-state index contributed by atoms with van der Waals surface area (Å²) in [6.07, 6.45) is 0. The summed E-state index contributed by atoms with van der Waals surface area (Å²) in [5.74, 6) is 1.09. The molecule has 0 saturated heterocycles. The summed E-state index contributed by atoms with van der Waals surface area (Å²) in [7, 11) is 3.06. The highest BCUT2D eigenvalue weighted by atomic mass is 16.5. The third-order valence-corrected chi connectivity index (χ3v) is 3.77. The fourth-order valence-electron chi connectivity index (χ4n) is 2.51. The van der Waals surface area contributed by atoms with Crippen molar-refractivity contribution < 1.29 is 19.4 Å². The first kappa shape index (κ1) is 16.4. The van der Waals surface area contributed by atoms with Gasteiger partial charge in [-0.1, -0.05) is 24.3 Å². The van der Waals surface area contributed by atoms with Crippen LogP contribution in [0.4, 0.5) is 16.2 Å². The molecule has 2 amide bonds. The predicted molar refractivity (Wildman–Crippen MR) is 97.8 cm³/mol. The highest BCUT2D eigenvalue weighted by Gasteiger charge is 2.11. The predicted octanol–water partition coefficient (Wildman–Crippen LogP) is 4.21. The Kier molecular flexibility index (Phi) is 4.61. The number of methoxy groups -OCH3 is 2. The molecule has 25 heavy (non-hydrogen) atoms. The van der Waals surface area contributed by atoms with Crippen LogP contribution in [-0.4, -0.2) is 25.4 Å². The maximum atomic E-state index is 12.3. The molecule has 6 nitrogen and oxygen atoms in total. The molecular formula is C19H18N2O4. The Morgan fingerprint density at radius 2 is 1.56 bits per heavy atom. The highest BCUT2D eigenvalue weighted by Crippen LogP contribution is 2.31. The molecule has 0 bridgehead atoms. The zero-order valence-electron chi connectivity index (χ0n) is 13.9. The molecule has 0 atom stereocenters. The van der Waals surface area contributed by atoms with Crippen molar-refractivity contribution in [3.63, 3.8) is 0 Å². The number of rotatable bonds is 4. The molecule has 0 radical (unpaired) electrons. The quantitative estimate of drug-likeness (QED) is 0.623. The van der Waals surface area contributed by atoms with Gasteiger partial charge in [-0.2, -0.15) is 0 Å². The number of ether oxygens (including phenoxy) is 2. The Bertz CT molecular complexity index is 924. The lowest BCUT2D eigenvalue weighted by atomic mass is 10.1. The first-order valence-corrected chi connectivity index (χ1v) is 7.62. The molecule has 0 saturated carbocycles. The van der Waals surface area contributed by atoms with E-state index in [2.05, 4.69) is 10.6 Å². The maximum absolute atomic E-state index is 12.3. The van der Waals surface area contributed by atoms with Crippen LogP contribution in [0.5, 0.6) is 17.2 Å². The molecule has 3 aromatic carbocycles. The molecule has 3 rings (SSSR count). The number of aromatic hydroxyl groups is 1. The number of phenols is 1. The van der Waals surface area contributed by atoms with Gasteiger partial charge in [-0.15, -0.1) is 0 Å². The normalized spacial score (nSPS) is 10.3. The third kappa shape index (κ3) is 3.58. The zero-order chi connectivity index (χ0) is 17.8. The van der Waals surface area contributed by atoms with Gasteiger partial charge < -0.3 is 25.2 Å². The number of amides is 2. The van der Waals surface area contributed by atoms with Crippen LogP contribution in [0.3, 0.4) is 0 Å². The van der Waals surface area contributed by atoms with Crippen molar-refractivity contribution in [3.8, 4) is 17.2 Å². The summed E-state index contributed by atoms with van der Waals surface area (Å²) >= 11 is 0. The van der Waals surface area contributed by atoms with E-state index in [-0.39, 0.29) is 5.75 Å². The van der Waals surface area contributed by atoms with Crippen LogP contribution >= 0.6 is 0 Å². The van der Waals surface area contributed by atoms with Gasteiger partial charge in [0, 0.05) is 6.07 Å².